The maximum absolute atomic E-state index is 12.5. The van der Waals surface area contributed by atoms with Crippen LogP contribution in [0.15, 0.2) is 17.0 Å². The number of hydrogen-bond donors (Lipinski definition) is 2. The molecule has 0 spiro atoms. The highest BCUT2D eigenvalue weighted by Gasteiger charge is 2.34. The molecule has 0 heterocycles. The van der Waals surface area contributed by atoms with E-state index in [2.05, 4.69) is 18.6 Å². The zero-order valence-electron chi connectivity index (χ0n) is 12.1. The Bertz CT molecular complexity index is 645. The largest absolute Gasteiger partial charge is 0.326 e. The second-order valence-electron chi connectivity index (χ2n) is 6.31. The fourth-order valence-electron chi connectivity index (χ4n) is 2.78. The minimum Gasteiger partial charge on any atom is -0.326 e. The molecular weight excluding hydrogens is 331 g/mol. The minimum atomic E-state index is -3.70. The second-order valence-corrected chi connectivity index (χ2v) is 8.80. The first-order chi connectivity index (χ1) is 9.64. The molecule has 3 N–H and O–H groups in total. The molecule has 1 fully saturated rings. The van der Waals surface area contributed by atoms with Crippen LogP contribution in [0.1, 0.15) is 38.7 Å². The van der Waals surface area contributed by atoms with E-state index in [1.165, 1.54) is 6.07 Å². The second kappa shape index (κ2) is 6.05. The predicted molar refractivity (Wildman–Crippen MR) is 86.1 cm³/mol. The molecule has 0 amide bonds. The highest BCUT2D eigenvalue weighted by atomic mass is 35.5. The van der Waals surface area contributed by atoms with Crippen molar-refractivity contribution in [3.05, 3.63) is 27.7 Å². The van der Waals surface area contributed by atoms with Crippen molar-refractivity contribution in [3.63, 3.8) is 0 Å². The van der Waals surface area contributed by atoms with Gasteiger partial charge in [0.15, 0.2) is 0 Å². The van der Waals surface area contributed by atoms with Crippen molar-refractivity contribution < 1.29 is 8.42 Å². The highest BCUT2D eigenvalue weighted by Crippen LogP contribution is 2.38. The molecule has 0 radical (unpaired) electrons. The molecule has 1 unspecified atom stereocenters. The van der Waals surface area contributed by atoms with E-state index in [9.17, 15) is 8.42 Å². The van der Waals surface area contributed by atoms with Crippen LogP contribution in [0.4, 0.5) is 0 Å². The predicted octanol–water partition coefficient (Wildman–Crippen LogP) is 3.31. The molecule has 0 aliphatic heterocycles. The Morgan fingerprint density at radius 2 is 2.05 bits per heavy atom. The van der Waals surface area contributed by atoms with Crippen molar-refractivity contribution >= 4 is 33.2 Å². The van der Waals surface area contributed by atoms with E-state index in [1.807, 2.05) is 0 Å². The van der Waals surface area contributed by atoms with E-state index in [-0.39, 0.29) is 27.9 Å². The third-order valence-corrected chi connectivity index (χ3v) is 6.20. The van der Waals surface area contributed by atoms with Crippen molar-refractivity contribution in [3.8, 4) is 0 Å². The van der Waals surface area contributed by atoms with Gasteiger partial charge in [0.1, 0.15) is 4.90 Å². The normalized spacial score (nSPS) is 21.7. The van der Waals surface area contributed by atoms with Gasteiger partial charge >= 0.3 is 0 Å². The van der Waals surface area contributed by atoms with Gasteiger partial charge in [0.25, 0.3) is 0 Å². The molecule has 4 nitrogen and oxygen atoms in total. The lowest BCUT2D eigenvalue weighted by molar-refractivity contribution is 0.372. The fourth-order valence-corrected chi connectivity index (χ4v) is 4.99. The molecule has 0 bridgehead atoms. The van der Waals surface area contributed by atoms with Crippen molar-refractivity contribution in [1.29, 1.82) is 0 Å². The molecule has 1 atom stereocenters. The molecule has 1 aromatic carbocycles. The van der Waals surface area contributed by atoms with Crippen LogP contribution < -0.4 is 10.5 Å². The Kier molecular flexibility index (Phi) is 4.90. The number of hydrogen-bond acceptors (Lipinski definition) is 3. The number of nitrogens with two attached hydrogens (primary N) is 1. The quantitative estimate of drug-likeness (QED) is 0.874. The molecule has 1 saturated carbocycles. The van der Waals surface area contributed by atoms with E-state index in [4.69, 9.17) is 28.9 Å². The summed E-state index contributed by atoms with van der Waals surface area (Å²) in [5, 5.41) is 0.457. The number of nitrogens with one attached hydrogen (secondary N) is 1. The van der Waals surface area contributed by atoms with Gasteiger partial charge in [0.2, 0.25) is 10.0 Å². The van der Waals surface area contributed by atoms with Crippen molar-refractivity contribution in [1.82, 2.24) is 4.72 Å². The SMILES string of the molecule is CC1(C)CCC(NS(=O)(=O)c2cc(Cl)cc(CN)c2Cl)C1. The Labute approximate surface area is 136 Å². The molecule has 0 aromatic heterocycles. The van der Waals surface area contributed by atoms with Gasteiger partial charge in [0, 0.05) is 17.6 Å². The van der Waals surface area contributed by atoms with Gasteiger partial charge in [-0.1, -0.05) is 37.0 Å². The first-order valence-electron chi connectivity index (χ1n) is 6.85. The van der Waals surface area contributed by atoms with Crippen LogP contribution in [0.5, 0.6) is 0 Å². The Morgan fingerprint density at radius 1 is 1.38 bits per heavy atom. The zero-order chi connectivity index (χ0) is 15.8. The lowest BCUT2D eigenvalue weighted by Gasteiger charge is -2.18. The molecule has 1 aliphatic carbocycles. The summed E-state index contributed by atoms with van der Waals surface area (Å²) >= 11 is 12.1. The van der Waals surface area contributed by atoms with Gasteiger partial charge < -0.3 is 5.73 Å². The van der Waals surface area contributed by atoms with Gasteiger partial charge in [-0.2, -0.15) is 0 Å². The number of rotatable bonds is 4. The Hall–Kier alpha value is -0.330. The Morgan fingerprint density at radius 3 is 2.57 bits per heavy atom. The summed E-state index contributed by atoms with van der Waals surface area (Å²) in [7, 11) is -3.70. The van der Waals surface area contributed by atoms with E-state index in [1.54, 1.807) is 6.07 Å². The maximum atomic E-state index is 12.5. The summed E-state index contributed by atoms with van der Waals surface area (Å²) in [5.41, 5.74) is 6.26. The zero-order valence-corrected chi connectivity index (χ0v) is 14.4. The number of halogens is 2. The van der Waals surface area contributed by atoms with Gasteiger partial charge in [-0.15, -0.1) is 0 Å². The number of sulfonamides is 1. The summed E-state index contributed by atoms with van der Waals surface area (Å²) in [6, 6.07) is 2.88. The van der Waals surface area contributed by atoms with Crippen LogP contribution in [0.3, 0.4) is 0 Å². The number of benzene rings is 1. The average Bonchev–Trinajstić information content (AvgIpc) is 2.70. The molecule has 1 aromatic rings. The molecule has 0 saturated heterocycles. The van der Waals surface area contributed by atoms with Crippen molar-refractivity contribution in [2.75, 3.05) is 0 Å². The lowest BCUT2D eigenvalue weighted by Crippen LogP contribution is -2.33. The van der Waals surface area contributed by atoms with Crippen molar-refractivity contribution in [2.45, 2.75) is 50.6 Å². The topological polar surface area (TPSA) is 72.2 Å². The van der Waals surface area contributed by atoms with Gasteiger partial charge in [-0.25, -0.2) is 13.1 Å². The van der Waals surface area contributed by atoms with Crippen LogP contribution >= 0.6 is 23.2 Å². The van der Waals surface area contributed by atoms with E-state index in [0.717, 1.165) is 19.3 Å². The van der Waals surface area contributed by atoms with E-state index < -0.39 is 10.0 Å². The average molecular weight is 351 g/mol. The van der Waals surface area contributed by atoms with Crippen LogP contribution in [-0.4, -0.2) is 14.5 Å². The molecule has 7 heteroatoms. The highest BCUT2D eigenvalue weighted by molar-refractivity contribution is 7.89. The summed E-state index contributed by atoms with van der Waals surface area (Å²) in [6.07, 6.45) is 2.64. The molecule has 1 aliphatic rings. The Balaban J connectivity index is 2.30. The first-order valence-corrected chi connectivity index (χ1v) is 9.09. The van der Waals surface area contributed by atoms with Gasteiger partial charge in [-0.3, -0.25) is 0 Å². The van der Waals surface area contributed by atoms with Crippen LogP contribution in [-0.2, 0) is 16.6 Å². The fraction of sp³-hybridized carbons (Fsp3) is 0.571. The monoisotopic (exact) mass is 350 g/mol. The third kappa shape index (κ3) is 3.90. The summed E-state index contributed by atoms with van der Waals surface area (Å²) in [6.45, 7) is 4.42. The van der Waals surface area contributed by atoms with E-state index in [0.29, 0.717) is 10.6 Å². The lowest BCUT2D eigenvalue weighted by atomic mass is 9.92. The van der Waals surface area contributed by atoms with E-state index >= 15 is 0 Å². The third-order valence-electron chi connectivity index (χ3n) is 3.88. The van der Waals surface area contributed by atoms with Crippen molar-refractivity contribution in [2.24, 2.45) is 11.1 Å². The van der Waals surface area contributed by atoms with Crippen LogP contribution in [0.2, 0.25) is 10.0 Å². The standard InChI is InChI=1S/C14H20Cl2N2O2S/c1-14(2)4-3-11(7-14)18-21(19,20)12-6-10(15)5-9(8-17)13(12)16/h5-6,11,18H,3-4,7-8,17H2,1-2H3. The maximum Gasteiger partial charge on any atom is 0.242 e. The first kappa shape index (κ1) is 17.0. The summed E-state index contributed by atoms with van der Waals surface area (Å²) in [5.74, 6) is 0. The summed E-state index contributed by atoms with van der Waals surface area (Å²) in [4.78, 5) is 0.00169. The summed E-state index contributed by atoms with van der Waals surface area (Å²) < 4.78 is 27.8. The minimum absolute atomic E-state index is 0.00169. The smallest absolute Gasteiger partial charge is 0.242 e. The molecule has 118 valence electrons. The molecular formula is C14H20Cl2N2O2S. The molecule has 2 rings (SSSR count). The van der Waals surface area contributed by atoms with Crippen LogP contribution in [0.25, 0.3) is 0 Å². The van der Waals surface area contributed by atoms with Gasteiger partial charge in [-0.05, 0) is 42.4 Å². The van der Waals surface area contributed by atoms with Crippen LogP contribution in [0, 0.1) is 5.41 Å². The molecule has 21 heavy (non-hydrogen) atoms. The van der Waals surface area contributed by atoms with Gasteiger partial charge in [0.05, 0.1) is 5.02 Å².